The van der Waals surface area contributed by atoms with E-state index in [2.05, 4.69) is 10.6 Å². The van der Waals surface area contributed by atoms with E-state index in [1.54, 1.807) is 13.8 Å². The third kappa shape index (κ3) is 3.53. The molecule has 7 heteroatoms. The maximum absolute atomic E-state index is 12.1. The summed E-state index contributed by atoms with van der Waals surface area (Å²) < 4.78 is 26.4. The Morgan fingerprint density at radius 3 is 2.58 bits per heavy atom. The summed E-state index contributed by atoms with van der Waals surface area (Å²) in [7, 11) is -3.79. The zero-order valence-corrected chi connectivity index (χ0v) is 11.5. The number of terminal acetylenes is 1. The number of nitro groups is 1. The van der Waals surface area contributed by atoms with Crippen LogP contribution in [0.1, 0.15) is 17.5 Å². The van der Waals surface area contributed by atoms with Crippen LogP contribution in [0.15, 0.2) is 17.0 Å². The van der Waals surface area contributed by atoms with Gasteiger partial charge in [-0.25, -0.2) is 13.1 Å². The summed E-state index contributed by atoms with van der Waals surface area (Å²) in [5.74, 6) is 2.31. The first-order chi connectivity index (χ1) is 8.79. The molecule has 0 unspecified atom stereocenters. The van der Waals surface area contributed by atoms with Crippen LogP contribution in [-0.2, 0) is 10.0 Å². The molecule has 0 heterocycles. The summed E-state index contributed by atoms with van der Waals surface area (Å²) in [4.78, 5) is 10.1. The molecule has 19 heavy (non-hydrogen) atoms. The molecule has 1 rings (SSSR count). The van der Waals surface area contributed by atoms with Crippen molar-refractivity contribution in [2.24, 2.45) is 0 Å². The SMILES string of the molecule is C#CCCNS(=O)(=O)c1cc([N+](=O)[O-])cc(C)c1C. The van der Waals surface area contributed by atoms with Crippen LogP contribution in [0.5, 0.6) is 0 Å². The molecule has 0 aliphatic rings. The van der Waals surface area contributed by atoms with Gasteiger partial charge in [0.2, 0.25) is 10.0 Å². The standard InChI is InChI=1S/C12H14N2O4S/c1-4-5-6-13-19(17,18)12-8-11(14(15)16)7-9(2)10(12)3/h1,7-8,13H,5-6H2,2-3H3. The quantitative estimate of drug-likeness (QED) is 0.383. The Bertz CT molecular complexity index is 644. The molecule has 0 amide bonds. The average molecular weight is 282 g/mol. The second-order valence-electron chi connectivity index (χ2n) is 3.99. The largest absolute Gasteiger partial charge is 0.271 e. The van der Waals surface area contributed by atoms with Crippen LogP contribution in [-0.4, -0.2) is 19.9 Å². The minimum absolute atomic E-state index is 0.0868. The number of non-ortho nitro benzene ring substituents is 1. The second kappa shape index (κ2) is 5.82. The number of rotatable bonds is 5. The molecule has 0 atom stereocenters. The van der Waals surface area contributed by atoms with Crippen molar-refractivity contribution < 1.29 is 13.3 Å². The van der Waals surface area contributed by atoms with E-state index in [0.29, 0.717) is 11.1 Å². The zero-order valence-electron chi connectivity index (χ0n) is 10.6. The molecule has 0 saturated carbocycles. The van der Waals surface area contributed by atoms with E-state index in [-0.39, 0.29) is 23.5 Å². The van der Waals surface area contributed by atoms with Crippen molar-refractivity contribution in [3.63, 3.8) is 0 Å². The van der Waals surface area contributed by atoms with Gasteiger partial charge in [0.05, 0.1) is 9.82 Å². The first-order valence-electron chi connectivity index (χ1n) is 5.48. The highest BCUT2D eigenvalue weighted by Gasteiger charge is 2.21. The van der Waals surface area contributed by atoms with Gasteiger partial charge in [-0.3, -0.25) is 10.1 Å². The van der Waals surface area contributed by atoms with E-state index >= 15 is 0 Å². The number of aryl methyl sites for hydroxylation is 1. The Morgan fingerprint density at radius 1 is 1.42 bits per heavy atom. The Kier molecular flexibility index (Phi) is 4.64. The zero-order chi connectivity index (χ0) is 14.6. The van der Waals surface area contributed by atoms with Gasteiger partial charge in [0.15, 0.2) is 0 Å². The predicted octanol–water partition coefficient (Wildman–Crippen LogP) is 1.51. The molecule has 102 valence electrons. The van der Waals surface area contributed by atoms with Crippen molar-refractivity contribution in [1.29, 1.82) is 0 Å². The van der Waals surface area contributed by atoms with Crippen LogP contribution < -0.4 is 4.72 Å². The molecule has 1 aromatic rings. The molecule has 6 nitrogen and oxygen atoms in total. The molecule has 0 radical (unpaired) electrons. The van der Waals surface area contributed by atoms with Crippen LogP contribution in [0.4, 0.5) is 5.69 Å². The maximum atomic E-state index is 12.1. The van der Waals surface area contributed by atoms with Crippen molar-refractivity contribution in [1.82, 2.24) is 4.72 Å². The number of nitro benzene ring substituents is 1. The highest BCUT2D eigenvalue weighted by molar-refractivity contribution is 7.89. The molecular weight excluding hydrogens is 268 g/mol. The lowest BCUT2D eigenvalue weighted by Crippen LogP contribution is -2.25. The first-order valence-corrected chi connectivity index (χ1v) is 6.96. The van der Waals surface area contributed by atoms with Crippen molar-refractivity contribution in [3.05, 3.63) is 33.4 Å². The third-order valence-corrected chi connectivity index (χ3v) is 4.25. The second-order valence-corrected chi connectivity index (χ2v) is 5.73. The van der Waals surface area contributed by atoms with Gasteiger partial charge in [-0.2, -0.15) is 0 Å². The summed E-state index contributed by atoms with van der Waals surface area (Å²) in [5, 5.41) is 10.8. The number of sulfonamides is 1. The van der Waals surface area contributed by atoms with E-state index < -0.39 is 14.9 Å². The Hall–Kier alpha value is -1.91. The molecular formula is C12H14N2O4S. The molecule has 0 aliphatic heterocycles. The topological polar surface area (TPSA) is 89.3 Å². The Labute approximate surface area is 112 Å². The molecule has 1 N–H and O–H groups in total. The van der Waals surface area contributed by atoms with Gasteiger partial charge in [0.25, 0.3) is 5.69 Å². The monoisotopic (exact) mass is 282 g/mol. The van der Waals surface area contributed by atoms with Crippen LogP contribution in [0.3, 0.4) is 0 Å². The molecule has 0 aliphatic carbocycles. The van der Waals surface area contributed by atoms with Gasteiger partial charge in [-0.1, -0.05) is 0 Å². The van der Waals surface area contributed by atoms with Crippen LogP contribution in [0.25, 0.3) is 0 Å². The van der Waals surface area contributed by atoms with Gasteiger partial charge >= 0.3 is 0 Å². The van der Waals surface area contributed by atoms with Crippen LogP contribution in [0, 0.1) is 36.3 Å². The number of nitrogens with one attached hydrogen (secondary N) is 1. The number of hydrogen-bond acceptors (Lipinski definition) is 4. The average Bonchev–Trinajstić information content (AvgIpc) is 2.32. The molecule has 0 fully saturated rings. The fourth-order valence-electron chi connectivity index (χ4n) is 1.53. The summed E-state index contributed by atoms with van der Waals surface area (Å²) in [6.45, 7) is 3.33. The van der Waals surface area contributed by atoms with Crippen LogP contribution in [0.2, 0.25) is 0 Å². The predicted molar refractivity (Wildman–Crippen MR) is 71.2 cm³/mol. The van der Waals surface area contributed by atoms with E-state index in [4.69, 9.17) is 6.42 Å². The lowest BCUT2D eigenvalue weighted by molar-refractivity contribution is -0.385. The van der Waals surface area contributed by atoms with Crippen molar-refractivity contribution >= 4 is 15.7 Å². The molecule has 0 aromatic heterocycles. The van der Waals surface area contributed by atoms with Gasteiger partial charge in [-0.15, -0.1) is 12.3 Å². The molecule has 0 bridgehead atoms. The van der Waals surface area contributed by atoms with Gasteiger partial charge in [0.1, 0.15) is 0 Å². The van der Waals surface area contributed by atoms with Crippen LogP contribution >= 0.6 is 0 Å². The molecule has 0 spiro atoms. The lowest BCUT2D eigenvalue weighted by Gasteiger charge is -2.10. The third-order valence-electron chi connectivity index (χ3n) is 2.67. The van der Waals surface area contributed by atoms with Gasteiger partial charge in [0, 0.05) is 25.1 Å². The van der Waals surface area contributed by atoms with Crippen molar-refractivity contribution in [3.8, 4) is 12.3 Å². The minimum atomic E-state index is -3.79. The highest BCUT2D eigenvalue weighted by Crippen LogP contribution is 2.25. The summed E-state index contributed by atoms with van der Waals surface area (Å²) in [6, 6.07) is 2.40. The fourth-order valence-corrected chi connectivity index (χ4v) is 2.89. The van der Waals surface area contributed by atoms with E-state index in [0.717, 1.165) is 6.07 Å². The van der Waals surface area contributed by atoms with E-state index in [1.807, 2.05) is 0 Å². The number of nitrogens with zero attached hydrogens (tertiary/aromatic N) is 1. The smallest absolute Gasteiger partial charge is 0.258 e. The van der Waals surface area contributed by atoms with E-state index in [9.17, 15) is 18.5 Å². The fraction of sp³-hybridized carbons (Fsp3) is 0.333. The maximum Gasteiger partial charge on any atom is 0.271 e. The minimum Gasteiger partial charge on any atom is -0.258 e. The molecule has 1 aromatic carbocycles. The Morgan fingerprint density at radius 2 is 2.05 bits per heavy atom. The summed E-state index contributed by atoms with van der Waals surface area (Å²) >= 11 is 0. The molecule has 0 saturated heterocycles. The van der Waals surface area contributed by atoms with Gasteiger partial charge in [-0.05, 0) is 25.0 Å². The summed E-state index contributed by atoms with van der Waals surface area (Å²) in [6.07, 6.45) is 5.30. The first kappa shape index (κ1) is 15.1. The Balaban J connectivity index is 3.26. The van der Waals surface area contributed by atoms with E-state index in [1.165, 1.54) is 6.07 Å². The number of hydrogen-bond donors (Lipinski definition) is 1. The normalized spacial score (nSPS) is 11.0. The number of benzene rings is 1. The van der Waals surface area contributed by atoms with Gasteiger partial charge < -0.3 is 0 Å². The van der Waals surface area contributed by atoms with Crippen molar-refractivity contribution in [2.75, 3.05) is 6.54 Å². The lowest BCUT2D eigenvalue weighted by atomic mass is 10.1. The van der Waals surface area contributed by atoms with Crippen molar-refractivity contribution in [2.45, 2.75) is 25.2 Å². The highest BCUT2D eigenvalue weighted by atomic mass is 32.2. The summed E-state index contributed by atoms with van der Waals surface area (Å²) in [5.41, 5.74) is 0.783.